The number of hydrogen-bond donors (Lipinski definition) is 4. The molecular weight excluding hydrogens is 416 g/mol. The second kappa shape index (κ2) is 23.0. The van der Waals surface area contributed by atoms with Crippen molar-refractivity contribution in [2.45, 2.75) is 0 Å². The standard InChI is InChI=1S/C10H16N2O8.3K.Na.4H/c13-7(14)3-11(4-8(15)16)1-2-12(5-9(17)18)6-10(19)20;;;;;;;;/h1-6H2,(H,13,14)(H,15,16)(H,17,18)(H,19,20);;;;;;;;. The van der Waals surface area contributed by atoms with Gasteiger partial charge in [0.2, 0.25) is 0 Å². The van der Waals surface area contributed by atoms with Gasteiger partial charge in [-0.15, -0.1) is 0 Å². The maximum atomic E-state index is 10.6. The van der Waals surface area contributed by atoms with E-state index in [-0.39, 0.29) is 197 Å². The van der Waals surface area contributed by atoms with Crippen molar-refractivity contribution >= 4 is 208 Å². The third-order valence-electron chi connectivity index (χ3n) is 2.17. The van der Waals surface area contributed by atoms with E-state index in [1.807, 2.05) is 0 Å². The Labute approximate surface area is 289 Å². The van der Waals surface area contributed by atoms with Crippen LogP contribution in [0.4, 0.5) is 0 Å². The van der Waals surface area contributed by atoms with E-state index >= 15 is 0 Å². The van der Waals surface area contributed by atoms with Crippen molar-refractivity contribution in [3.63, 3.8) is 0 Å². The van der Waals surface area contributed by atoms with Crippen LogP contribution in [0.25, 0.3) is 0 Å². The molecule has 0 spiro atoms. The Morgan fingerprint density at radius 2 is 0.708 bits per heavy atom. The molecule has 0 aromatic heterocycles. The first-order chi connectivity index (χ1) is 9.20. The molecule has 0 aliphatic heterocycles. The number of nitrogens with zero attached hydrogens (tertiary/aromatic N) is 2. The number of carbonyl (C=O) groups is 4. The third-order valence-corrected chi connectivity index (χ3v) is 2.17. The van der Waals surface area contributed by atoms with Gasteiger partial charge in [-0.2, -0.15) is 0 Å². The van der Waals surface area contributed by atoms with Crippen LogP contribution in [0.2, 0.25) is 0 Å². The molecule has 0 aromatic rings. The van der Waals surface area contributed by atoms with Gasteiger partial charge < -0.3 is 20.4 Å². The number of rotatable bonds is 11. The number of hydrogen-bond acceptors (Lipinski definition) is 6. The fourth-order valence-electron chi connectivity index (χ4n) is 1.48. The molecule has 0 saturated carbocycles. The molecule has 0 saturated heterocycles. The summed E-state index contributed by atoms with van der Waals surface area (Å²) in [6, 6.07) is 0. The molecule has 4 N–H and O–H groups in total. The second-order valence-electron chi connectivity index (χ2n) is 4.00. The molecule has 10 nitrogen and oxygen atoms in total. The van der Waals surface area contributed by atoms with Crippen LogP contribution in [0.15, 0.2) is 0 Å². The quantitative estimate of drug-likeness (QED) is 0.232. The zero-order chi connectivity index (χ0) is 15.7. The van der Waals surface area contributed by atoms with E-state index in [2.05, 4.69) is 0 Å². The normalized spacial score (nSPS) is 8.92. The van der Waals surface area contributed by atoms with E-state index in [1.54, 1.807) is 0 Å². The SMILES string of the molecule is O=C(O)CN(CCN(CC(=O)O)CC(=O)O)CC(=O)O.[KH].[KH].[KH].[NaH]. The topological polar surface area (TPSA) is 156 Å². The molecule has 122 valence electrons. The average molecular weight is 437 g/mol. The fourth-order valence-corrected chi connectivity index (χ4v) is 1.48. The Morgan fingerprint density at radius 3 is 0.833 bits per heavy atom. The van der Waals surface area contributed by atoms with E-state index < -0.39 is 50.1 Å². The van der Waals surface area contributed by atoms with E-state index in [9.17, 15) is 19.2 Å². The Hall–Kier alpha value is 3.71. The van der Waals surface area contributed by atoms with Crippen molar-refractivity contribution < 1.29 is 39.6 Å². The van der Waals surface area contributed by atoms with Gasteiger partial charge in [-0.3, -0.25) is 29.0 Å². The van der Waals surface area contributed by atoms with Gasteiger partial charge in [0.25, 0.3) is 0 Å². The van der Waals surface area contributed by atoms with Crippen LogP contribution in [0.3, 0.4) is 0 Å². The predicted molar refractivity (Wildman–Crippen MR) is 92.0 cm³/mol. The van der Waals surface area contributed by atoms with Crippen LogP contribution < -0.4 is 0 Å². The van der Waals surface area contributed by atoms with Gasteiger partial charge in [-0.25, -0.2) is 0 Å². The molecule has 0 aromatic carbocycles. The van der Waals surface area contributed by atoms with Gasteiger partial charge in [0.1, 0.15) is 0 Å². The fraction of sp³-hybridized carbons (Fsp3) is 0.600. The zero-order valence-corrected chi connectivity index (χ0v) is 10.6. The van der Waals surface area contributed by atoms with Gasteiger partial charge in [-0.05, 0) is 0 Å². The van der Waals surface area contributed by atoms with Crippen molar-refractivity contribution in [2.75, 3.05) is 39.3 Å². The average Bonchev–Trinajstić information content (AvgIpc) is 2.22. The summed E-state index contributed by atoms with van der Waals surface area (Å²) in [5.74, 6) is -4.91. The molecule has 0 aliphatic rings. The van der Waals surface area contributed by atoms with Gasteiger partial charge in [0.05, 0.1) is 26.2 Å². The summed E-state index contributed by atoms with van der Waals surface area (Å²) >= 11 is 0. The molecule has 0 amide bonds. The summed E-state index contributed by atoms with van der Waals surface area (Å²) in [6.45, 7) is -2.25. The molecule has 14 heteroatoms. The molecule has 0 aliphatic carbocycles. The van der Waals surface area contributed by atoms with Gasteiger partial charge in [0.15, 0.2) is 0 Å². The minimum absolute atomic E-state index is 0. The molecule has 0 fully saturated rings. The minimum atomic E-state index is -1.23. The summed E-state index contributed by atoms with van der Waals surface area (Å²) in [4.78, 5) is 44.4. The third kappa shape index (κ3) is 25.7. The van der Waals surface area contributed by atoms with E-state index in [1.165, 1.54) is 0 Å². The summed E-state index contributed by atoms with van der Waals surface area (Å²) in [7, 11) is 0. The molecule has 24 heavy (non-hydrogen) atoms. The number of aliphatic carboxylic acids is 4. The Bertz CT molecular complexity index is 334. The summed E-state index contributed by atoms with van der Waals surface area (Å²) in [5.41, 5.74) is 0. The maximum absolute atomic E-state index is 10.6. The molecule has 0 rings (SSSR count). The number of carboxylic acid groups (broad SMARTS) is 4. The van der Waals surface area contributed by atoms with Crippen LogP contribution >= 0.6 is 0 Å². The molecular formula is C10H20K3N2NaO8. The van der Waals surface area contributed by atoms with E-state index in [0.717, 1.165) is 9.80 Å². The van der Waals surface area contributed by atoms with Gasteiger partial charge in [0, 0.05) is 13.1 Å². The molecule has 0 bridgehead atoms. The van der Waals surface area contributed by atoms with Crippen molar-refractivity contribution in [3.05, 3.63) is 0 Å². The molecule has 0 unspecified atom stereocenters. The van der Waals surface area contributed by atoms with Crippen LogP contribution in [0.1, 0.15) is 0 Å². The monoisotopic (exact) mass is 436 g/mol. The predicted octanol–water partition coefficient (Wildman–Crippen LogP) is -4.67. The van der Waals surface area contributed by atoms with Crippen molar-refractivity contribution in [2.24, 2.45) is 0 Å². The van der Waals surface area contributed by atoms with Crippen molar-refractivity contribution in [1.29, 1.82) is 0 Å². The first-order valence-electron chi connectivity index (χ1n) is 5.52. The second-order valence-corrected chi connectivity index (χ2v) is 4.00. The Kier molecular flexibility index (Phi) is 36.7. The van der Waals surface area contributed by atoms with Crippen LogP contribution in [0.5, 0.6) is 0 Å². The van der Waals surface area contributed by atoms with Gasteiger partial charge in [-0.1, -0.05) is 0 Å². The number of carboxylic acids is 4. The summed E-state index contributed by atoms with van der Waals surface area (Å²) in [6.07, 6.45) is 0. The summed E-state index contributed by atoms with van der Waals surface area (Å²) in [5, 5.41) is 34.5. The van der Waals surface area contributed by atoms with Crippen LogP contribution in [0, 0.1) is 0 Å². The van der Waals surface area contributed by atoms with Gasteiger partial charge >= 0.3 is 208 Å². The van der Waals surface area contributed by atoms with Crippen molar-refractivity contribution in [1.82, 2.24) is 9.80 Å². The van der Waals surface area contributed by atoms with Crippen LogP contribution in [-0.4, -0.2) is 277 Å². The zero-order valence-electron chi connectivity index (χ0n) is 10.6. The molecule has 0 radical (unpaired) electrons. The first kappa shape index (κ1) is 38.3. The first-order valence-corrected chi connectivity index (χ1v) is 5.52. The Balaban J connectivity index is -0.000000301. The van der Waals surface area contributed by atoms with E-state index in [0.29, 0.717) is 0 Å². The van der Waals surface area contributed by atoms with E-state index in [4.69, 9.17) is 20.4 Å². The Morgan fingerprint density at radius 1 is 0.542 bits per heavy atom. The molecule has 0 heterocycles. The summed E-state index contributed by atoms with van der Waals surface area (Å²) < 4.78 is 0. The van der Waals surface area contributed by atoms with Crippen molar-refractivity contribution in [3.8, 4) is 0 Å². The molecule has 0 atom stereocenters. The van der Waals surface area contributed by atoms with Crippen LogP contribution in [-0.2, 0) is 19.2 Å².